The first-order chi connectivity index (χ1) is 12.5. The van der Waals surface area contributed by atoms with Crippen LogP contribution in [-0.4, -0.2) is 44.2 Å². The van der Waals surface area contributed by atoms with Gasteiger partial charge in [0.1, 0.15) is 19.8 Å². The average Bonchev–Trinajstić information content (AvgIpc) is 2.63. The van der Waals surface area contributed by atoms with E-state index >= 15 is 0 Å². The van der Waals surface area contributed by atoms with E-state index in [1.165, 1.54) is 11.0 Å². The van der Waals surface area contributed by atoms with Crippen molar-refractivity contribution >= 4 is 17.5 Å². The number of nitrogens with zero attached hydrogens (tertiary/aromatic N) is 1. The van der Waals surface area contributed by atoms with E-state index in [1.807, 2.05) is 0 Å². The van der Waals surface area contributed by atoms with Crippen molar-refractivity contribution in [2.75, 3.05) is 33.4 Å². The van der Waals surface area contributed by atoms with E-state index < -0.39 is 5.82 Å². The molecule has 0 atom stereocenters. The summed E-state index contributed by atoms with van der Waals surface area (Å²) in [5.41, 5.74) is 0.742. The summed E-state index contributed by atoms with van der Waals surface area (Å²) in [7, 11) is 1.67. The topological polar surface area (TPSA) is 48.0 Å². The van der Waals surface area contributed by atoms with E-state index in [0.717, 1.165) is 5.56 Å². The summed E-state index contributed by atoms with van der Waals surface area (Å²) in [5.74, 6) is 0.715. The Labute approximate surface area is 156 Å². The second-order valence-corrected chi connectivity index (χ2v) is 6.28. The summed E-state index contributed by atoms with van der Waals surface area (Å²) in [5, 5.41) is 0.426. The number of amides is 1. The van der Waals surface area contributed by atoms with Crippen molar-refractivity contribution in [1.29, 1.82) is 0 Å². The lowest BCUT2D eigenvalue weighted by molar-refractivity contribution is -0.129. The molecule has 1 amide bonds. The Kier molecular flexibility index (Phi) is 5.83. The molecule has 0 bridgehead atoms. The van der Waals surface area contributed by atoms with Crippen LogP contribution in [0.2, 0.25) is 5.02 Å². The van der Waals surface area contributed by atoms with Crippen molar-refractivity contribution < 1.29 is 23.4 Å². The number of carbonyl (C=O) groups excluding carboxylic acids is 1. The molecule has 7 heteroatoms. The van der Waals surface area contributed by atoms with Crippen molar-refractivity contribution in [1.82, 2.24) is 4.90 Å². The van der Waals surface area contributed by atoms with Crippen LogP contribution < -0.4 is 14.2 Å². The fraction of sp³-hybridized carbons (Fsp3) is 0.316. The predicted molar refractivity (Wildman–Crippen MR) is 95.7 cm³/mol. The Morgan fingerprint density at radius 2 is 2.04 bits per heavy atom. The lowest BCUT2D eigenvalue weighted by Gasteiger charge is -2.21. The van der Waals surface area contributed by atoms with Gasteiger partial charge in [0.05, 0.1) is 18.0 Å². The number of carbonyl (C=O) groups is 1. The Hall–Kier alpha value is -2.47. The van der Waals surface area contributed by atoms with Gasteiger partial charge in [-0.2, -0.15) is 0 Å². The first-order valence-electron chi connectivity index (χ1n) is 8.24. The smallest absolute Gasteiger partial charge is 0.226 e. The molecule has 0 radical (unpaired) electrons. The third kappa shape index (κ3) is 4.38. The van der Waals surface area contributed by atoms with Gasteiger partial charge in [0.15, 0.2) is 23.1 Å². The zero-order chi connectivity index (χ0) is 18.5. The molecule has 0 aliphatic carbocycles. The minimum absolute atomic E-state index is 0.102. The summed E-state index contributed by atoms with van der Waals surface area (Å²) in [6, 6.07) is 9.64. The SMILES string of the molecule is CN(CCOc1ccccc1F)C(=O)Cc1cc(Cl)c2c(c1)OCCO2. The highest BCUT2D eigenvalue weighted by Gasteiger charge is 2.18. The summed E-state index contributed by atoms with van der Waals surface area (Å²) >= 11 is 6.19. The average molecular weight is 380 g/mol. The van der Waals surface area contributed by atoms with Gasteiger partial charge in [-0.15, -0.1) is 0 Å². The molecule has 138 valence electrons. The second-order valence-electron chi connectivity index (χ2n) is 5.87. The minimum atomic E-state index is -0.424. The molecule has 26 heavy (non-hydrogen) atoms. The highest BCUT2D eigenvalue weighted by molar-refractivity contribution is 6.32. The Morgan fingerprint density at radius 1 is 1.27 bits per heavy atom. The van der Waals surface area contributed by atoms with E-state index in [0.29, 0.717) is 36.3 Å². The van der Waals surface area contributed by atoms with Gasteiger partial charge in [0, 0.05) is 7.05 Å². The summed E-state index contributed by atoms with van der Waals surface area (Å²) in [6.45, 7) is 1.44. The number of hydrogen-bond acceptors (Lipinski definition) is 4. The molecule has 0 aromatic heterocycles. The zero-order valence-electron chi connectivity index (χ0n) is 14.3. The fourth-order valence-electron chi connectivity index (χ4n) is 2.55. The molecule has 0 fully saturated rings. The summed E-state index contributed by atoms with van der Waals surface area (Å²) < 4.78 is 29.9. The largest absolute Gasteiger partial charge is 0.489 e. The summed E-state index contributed by atoms with van der Waals surface area (Å²) in [6.07, 6.45) is 0.173. The Balaban J connectivity index is 1.54. The van der Waals surface area contributed by atoms with Gasteiger partial charge < -0.3 is 19.1 Å². The first kappa shape index (κ1) is 18.3. The number of para-hydroxylation sites is 1. The van der Waals surface area contributed by atoms with E-state index in [-0.39, 0.29) is 24.7 Å². The van der Waals surface area contributed by atoms with Crippen molar-refractivity contribution in [3.63, 3.8) is 0 Å². The monoisotopic (exact) mass is 379 g/mol. The molecule has 1 heterocycles. The molecule has 2 aromatic carbocycles. The number of halogens is 2. The van der Waals surface area contributed by atoms with Crippen LogP contribution in [-0.2, 0) is 11.2 Å². The van der Waals surface area contributed by atoms with E-state index in [1.54, 1.807) is 37.4 Å². The second kappa shape index (κ2) is 8.27. The Bertz CT molecular complexity index is 799. The number of hydrogen-bond donors (Lipinski definition) is 0. The standard InChI is InChI=1S/C19H19ClFNO4/c1-22(6-7-24-16-5-3-2-4-15(16)21)18(23)12-13-10-14(20)19-17(11-13)25-8-9-26-19/h2-5,10-11H,6-9,12H2,1H3. The fourth-order valence-corrected chi connectivity index (χ4v) is 2.84. The molecule has 3 rings (SSSR count). The highest BCUT2D eigenvalue weighted by atomic mass is 35.5. The van der Waals surface area contributed by atoms with Crippen LogP contribution in [0.4, 0.5) is 4.39 Å². The van der Waals surface area contributed by atoms with Gasteiger partial charge in [0.2, 0.25) is 5.91 Å². The Morgan fingerprint density at radius 3 is 2.85 bits per heavy atom. The lowest BCUT2D eigenvalue weighted by Crippen LogP contribution is -2.32. The van der Waals surface area contributed by atoms with Gasteiger partial charge >= 0.3 is 0 Å². The number of likely N-dealkylation sites (N-methyl/N-ethyl adjacent to an activating group) is 1. The van der Waals surface area contributed by atoms with Crippen molar-refractivity contribution in [3.05, 3.63) is 52.8 Å². The molecule has 0 spiro atoms. The van der Waals surface area contributed by atoms with Crippen LogP contribution in [0.25, 0.3) is 0 Å². The molecule has 2 aromatic rings. The molecular formula is C19H19ClFNO4. The molecule has 1 aliphatic rings. The minimum Gasteiger partial charge on any atom is -0.489 e. The van der Waals surface area contributed by atoms with Gasteiger partial charge in [0.25, 0.3) is 0 Å². The van der Waals surface area contributed by atoms with Crippen LogP contribution in [0.3, 0.4) is 0 Å². The van der Waals surface area contributed by atoms with Crippen molar-refractivity contribution in [3.8, 4) is 17.2 Å². The first-order valence-corrected chi connectivity index (χ1v) is 8.61. The normalized spacial score (nSPS) is 12.6. The van der Waals surface area contributed by atoms with Gasteiger partial charge in [-0.05, 0) is 29.8 Å². The van der Waals surface area contributed by atoms with Crippen LogP contribution in [0.1, 0.15) is 5.56 Å². The maximum Gasteiger partial charge on any atom is 0.226 e. The van der Waals surface area contributed by atoms with Crippen LogP contribution in [0.5, 0.6) is 17.2 Å². The van der Waals surface area contributed by atoms with Crippen LogP contribution >= 0.6 is 11.6 Å². The molecule has 5 nitrogen and oxygen atoms in total. The van der Waals surface area contributed by atoms with Crippen LogP contribution in [0, 0.1) is 5.82 Å². The lowest BCUT2D eigenvalue weighted by atomic mass is 10.1. The number of rotatable bonds is 6. The molecule has 0 saturated carbocycles. The third-order valence-electron chi connectivity index (χ3n) is 3.96. The molecule has 0 N–H and O–H groups in total. The molecular weight excluding hydrogens is 361 g/mol. The van der Waals surface area contributed by atoms with E-state index in [2.05, 4.69) is 0 Å². The number of ether oxygens (including phenoxy) is 3. The van der Waals surface area contributed by atoms with Gasteiger partial charge in [-0.3, -0.25) is 4.79 Å². The summed E-state index contributed by atoms with van der Waals surface area (Å²) in [4.78, 5) is 13.9. The van der Waals surface area contributed by atoms with Crippen LogP contribution in [0.15, 0.2) is 36.4 Å². The maximum atomic E-state index is 13.5. The van der Waals surface area contributed by atoms with E-state index in [9.17, 15) is 9.18 Å². The van der Waals surface area contributed by atoms with Crippen molar-refractivity contribution in [2.24, 2.45) is 0 Å². The maximum absolute atomic E-state index is 13.5. The highest BCUT2D eigenvalue weighted by Crippen LogP contribution is 2.38. The number of fused-ring (bicyclic) bond motifs is 1. The quantitative estimate of drug-likeness (QED) is 0.772. The number of benzene rings is 2. The predicted octanol–water partition coefficient (Wildman–Crippen LogP) is 3.33. The zero-order valence-corrected chi connectivity index (χ0v) is 15.1. The molecule has 0 saturated heterocycles. The van der Waals surface area contributed by atoms with Gasteiger partial charge in [-0.1, -0.05) is 23.7 Å². The third-order valence-corrected chi connectivity index (χ3v) is 4.24. The van der Waals surface area contributed by atoms with Crippen molar-refractivity contribution in [2.45, 2.75) is 6.42 Å². The van der Waals surface area contributed by atoms with E-state index in [4.69, 9.17) is 25.8 Å². The molecule has 0 unspecified atom stereocenters. The molecule has 1 aliphatic heterocycles. The van der Waals surface area contributed by atoms with Gasteiger partial charge in [-0.25, -0.2) is 4.39 Å².